The average molecular weight is 536 g/mol. The van der Waals surface area contributed by atoms with Gasteiger partial charge < -0.3 is 19.9 Å². The number of carbonyl (C=O) groups excluding carboxylic acids is 2. The van der Waals surface area contributed by atoms with Gasteiger partial charge in [-0.15, -0.1) is 0 Å². The Kier molecular flexibility index (Phi) is 8.42. The molecule has 208 valence electrons. The Labute approximate surface area is 229 Å². The van der Waals surface area contributed by atoms with Gasteiger partial charge in [-0.2, -0.15) is 0 Å². The number of nitro groups is 1. The number of amides is 2. The fourth-order valence-electron chi connectivity index (χ4n) is 5.67. The lowest BCUT2D eigenvalue weighted by Gasteiger charge is -2.29. The number of benzene rings is 2. The minimum Gasteiger partial charge on any atom is -0.497 e. The number of methoxy groups -OCH3 is 1. The first kappa shape index (κ1) is 27.1. The van der Waals surface area contributed by atoms with Crippen LogP contribution in [0.1, 0.15) is 36.8 Å². The largest absolute Gasteiger partial charge is 0.497 e. The monoisotopic (exact) mass is 535 g/mol. The van der Waals surface area contributed by atoms with Crippen molar-refractivity contribution in [2.45, 2.75) is 50.9 Å². The van der Waals surface area contributed by atoms with E-state index in [9.17, 15) is 19.7 Å². The molecule has 3 fully saturated rings. The van der Waals surface area contributed by atoms with E-state index in [0.29, 0.717) is 39.1 Å². The Balaban J connectivity index is 1.41. The van der Waals surface area contributed by atoms with Gasteiger partial charge in [0.25, 0.3) is 5.69 Å². The molecule has 1 aliphatic carbocycles. The summed E-state index contributed by atoms with van der Waals surface area (Å²) in [5.74, 6) is 0.946. The van der Waals surface area contributed by atoms with Gasteiger partial charge in [0.2, 0.25) is 11.8 Å². The topological polar surface area (TPSA) is 108 Å². The lowest BCUT2D eigenvalue weighted by molar-refractivity contribution is -0.384. The predicted octanol–water partition coefficient (Wildman–Crippen LogP) is 2.81. The predicted molar refractivity (Wildman–Crippen MR) is 146 cm³/mol. The van der Waals surface area contributed by atoms with Gasteiger partial charge in [-0.1, -0.05) is 24.3 Å². The Morgan fingerprint density at radius 1 is 1.05 bits per heavy atom. The molecule has 1 saturated carbocycles. The summed E-state index contributed by atoms with van der Waals surface area (Å²) in [7, 11) is 1.64. The van der Waals surface area contributed by atoms with Crippen molar-refractivity contribution >= 4 is 17.5 Å². The number of rotatable bonds is 9. The van der Waals surface area contributed by atoms with Crippen LogP contribution in [0.5, 0.6) is 5.75 Å². The third kappa shape index (κ3) is 6.57. The number of non-ortho nitro benzene ring substituents is 1. The van der Waals surface area contributed by atoms with Crippen molar-refractivity contribution in [3.8, 4) is 5.75 Å². The second-order valence-electron chi connectivity index (χ2n) is 10.8. The van der Waals surface area contributed by atoms with Gasteiger partial charge in [-0.3, -0.25) is 24.6 Å². The first-order chi connectivity index (χ1) is 18.9. The Bertz CT molecular complexity index is 1180. The third-order valence-corrected chi connectivity index (χ3v) is 7.99. The third-order valence-electron chi connectivity index (χ3n) is 7.99. The van der Waals surface area contributed by atoms with E-state index in [-0.39, 0.29) is 29.5 Å². The summed E-state index contributed by atoms with van der Waals surface area (Å²) < 4.78 is 5.43. The molecule has 2 amide bonds. The fraction of sp³-hybridized carbons (Fsp3) is 0.517. The number of nitro benzene ring substituents is 1. The van der Waals surface area contributed by atoms with Crippen LogP contribution in [0.2, 0.25) is 0 Å². The summed E-state index contributed by atoms with van der Waals surface area (Å²) in [5.41, 5.74) is 2.06. The molecule has 2 aliphatic heterocycles. The van der Waals surface area contributed by atoms with Crippen LogP contribution in [-0.2, 0) is 22.7 Å². The zero-order valence-electron chi connectivity index (χ0n) is 22.5. The molecule has 10 nitrogen and oxygen atoms in total. The van der Waals surface area contributed by atoms with Crippen LogP contribution in [0.15, 0.2) is 48.5 Å². The summed E-state index contributed by atoms with van der Waals surface area (Å²) in [6.07, 6.45) is 3.26. The first-order valence-electron chi connectivity index (χ1n) is 13.8. The molecule has 0 bridgehead atoms. The number of hydrogen-bond donors (Lipinski definition) is 1. The molecular weight excluding hydrogens is 498 g/mol. The van der Waals surface area contributed by atoms with Crippen molar-refractivity contribution in [3.63, 3.8) is 0 Å². The van der Waals surface area contributed by atoms with E-state index in [2.05, 4.69) is 10.2 Å². The summed E-state index contributed by atoms with van der Waals surface area (Å²) in [4.78, 5) is 44.0. The van der Waals surface area contributed by atoms with Gasteiger partial charge in [0.05, 0.1) is 12.0 Å². The van der Waals surface area contributed by atoms with Crippen molar-refractivity contribution in [3.05, 3.63) is 69.8 Å². The van der Waals surface area contributed by atoms with Crippen LogP contribution >= 0.6 is 0 Å². The number of ether oxygens (including phenoxy) is 1. The van der Waals surface area contributed by atoms with Crippen LogP contribution in [0, 0.1) is 16.0 Å². The van der Waals surface area contributed by atoms with Crippen LogP contribution < -0.4 is 10.1 Å². The van der Waals surface area contributed by atoms with Gasteiger partial charge >= 0.3 is 0 Å². The molecule has 2 saturated heterocycles. The van der Waals surface area contributed by atoms with E-state index in [1.54, 1.807) is 19.2 Å². The lowest BCUT2D eigenvalue weighted by Crippen LogP contribution is -2.49. The lowest BCUT2D eigenvalue weighted by atomic mass is 10.1. The summed E-state index contributed by atoms with van der Waals surface area (Å²) in [5, 5.41) is 14.5. The van der Waals surface area contributed by atoms with Crippen LogP contribution in [0.4, 0.5) is 5.69 Å². The van der Waals surface area contributed by atoms with Gasteiger partial charge in [0, 0.05) is 63.4 Å². The molecule has 2 aromatic carbocycles. The highest BCUT2D eigenvalue weighted by atomic mass is 16.6. The minimum absolute atomic E-state index is 0.0337. The number of nitrogens with zero attached hydrogens (tertiary/aromatic N) is 4. The Hall–Kier alpha value is -3.50. The molecule has 0 radical (unpaired) electrons. The molecular formula is C29H37N5O5. The molecule has 10 heteroatoms. The SMILES string of the molecule is COc1cccc(CN(Cc2ccc([N+](=O)[O-])cc2)C2CC(C(=O)N3CCCNCC3)N(C(=O)C3CC3)C2)c1. The van der Waals surface area contributed by atoms with Gasteiger partial charge in [0.1, 0.15) is 11.8 Å². The summed E-state index contributed by atoms with van der Waals surface area (Å²) in [6.45, 7) is 4.65. The van der Waals surface area contributed by atoms with Crippen molar-refractivity contribution in [2.24, 2.45) is 5.92 Å². The van der Waals surface area contributed by atoms with E-state index < -0.39 is 11.0 Å². The highest BCUT2D eigenvalue weighted by Gasteiger charge is 2.46. The van der Waals surface area contributed by atoms with E-state index in [0.717, 1.165) is 49.2 Å². The highest BCUT2D eigenvalue weighted by molar-refractivity contribution is 5.90. The van der Waals surface area contributed by atoms with E-state index in [1.165, 1.54) is 12.1 Å². The van der Waals surface area contributed by atoms with Crippen LogP contribution in [-0.4, -0.2) is 83.4 Å². The summed E-state index contributed by atoms with van der Waals surface area (Å²) in [6, 6.07) is 14.0. The number of likely N-dealkylation sites (tertiary alicyclic amines) is 1. The zero-order chi connectivity index (χ0) is 27.4. The molecule has 3 aliphatic rings. The van der Waals surface area contributed by atoms with E-state index >= 15 is 0 Å². The van der Waals surface area contributed by atoms with Crippen molar-refractivity contribution in [2.75, 3.05) is 39.8 Å². The molecule has 0 aromatic heterocycles. The number of nitrogens with one attached hydrogen (secondary N) is 1. The highest BCUT2D eigenvalue weighted by Crippen LogP contribution is 2.36. The second-order valence-corrected chi connectivity index (χ2v) is 10.8. The fourth-order valence-corrected chi connectivity index (χ4v) is 5.67. The number of carbonyl (C=O) groups is 2. The average Bonchev–Trinajstić information content (AvgIpc) is 3.75. The molecule has 1 N–H and O–H groups in total. The Morgan fingerprint density at radius 2 is 1.82 bits per heavy atom. The van der Waals surface area contributed by atoms with Crippen LogP contribution in [0.25, 0.3) is 0 Å². The summed E-state index contributed by atoms with van der Waals surface area (Å²) >= 11 is 0. The van der Waals surface area contributed by atoms with Gasteiger partial charge in [-0.25, -0.2) is 0 Å². The maximum atomic E-state index is 13.8. The maximum absolute atomic E-state index is 13.8. The molecule has 39 heavy (non-hydrogen) atoms. The standard InChI is InChI=1S/C29H37N5O5/c1-39-26-5-2-4-22(16-26)19-32(18-21-6-10-24(11-7-21)34(37)38)25-17-27(33(20-25)28(35)23-8-9-23)29(36)31-14-3-12-30-13-15-31/h2,4-7,10-11,16,23,25,27,30H,3,8-9,12-15,17-20H2,1H3. The van der Waals surface area contributed by atoms with E-state index in [1.807, 2.05) is 34.1 Å². The van der Waals surface area contributed by atoms with Crippen molar-refractivity contribution in [1.82, 2.24) is 20.0 Å². The van der Waals surface area contributed by atoms with Crippen molar-refractivity contribution in [1.29, 1.82) is 0 Å². The normalized spacial score (nSPS) is 21.6. The molecule has 2 atom stereocenters. The maximum Gasteiger partial charge on any atom is 0.269 e. The Morgan fingerprint density at radius 3 is 2.54 bits per heavy atom. The molecule has 2 unspecified atom stereocenters. The molecule has 2 aromatic rings. The minimum atomic E-state index is -0.467. The quantitative estimate of drug-likeness (QED) is 0.389. The zero-order valence-corrected chi connectivity index (χ0v) is 22.5. The van der Waals surface area contributed by atoms with E-state index in [4.69, 9.17) is 4.74 Å². The number of hydrogen-bond acceptors (Lipinski definition) is 7. The molecule has 0 spiro atoms. The van der Waals surface area contributed by atoms with Gasteiger partial charge in [-0.05, 0) is 55.5 Å². The van der Waals surface area contributed by atoms with Crippen molar-refractivity contribution < 1.29 is 19.2 Å². The molecule has 5 rings (SSSR count). The smallest absolute Gasteiger partial charge is 0.269 e. The molecule has 2 heterocycles. The second kappa shape index (κ2) is 12.1. The first-order valence-corrected chi connectivity index (χ1v) is 13.8. The van der Waals surface area contributed by atoms with Crippen LogP contribution in [0.3, 0.4) is 0 Å². The van der Waals surface area contributed by atoms with Gasteiger partial charge in [0.15, 0.2) is 0 Å².